The van der Waals surface area contributed by atoms with Gasteiger partial charge in [0.15, 0.2) is 0 Å². The van der Waals surface area contributed by atoms with Crippen LogP contribution >= 0.6 is 0 Å². The lowest BCUT2D eigenvalue weighted by Crippen LogP contribution is -2.38. The number of hydrogen-bond acceptors (Lipinski definition) is 3. The fourth-order valence-electron chi connectivity index (χ4n) is 1.29. The third-order valence-electron chi connectivity index (χ3n) is 2.61. The van der Waals surface area contributed by atoms with Gasteiger partial charge in [-0.05, 0) is 33.9 Å². The van der Waals surface area contributed by atoms with E-state index < -0.39 is 0 Å². The highest BCUT2D eigenvalue weighted by atomic mass is 15.1. The summed E-state index contributed by atoms with van der Waals surface area (Å²) >= 11 is 0. The van der Waals surface area contributed by atoms with Gasteiger partial charge in [-0.2, -0.15) is 0 Å². The summed E-state index contributed by atoms with van der Waals surface area (Å²) in [5.74, 6) is 1.21. The number of hydrogen-bond donors (Lipinski definition) is 1. The van der Waals surface area contributed by atoms with Gasteiger partial charge < -0.3 is 10.2 Å². The van der Waals surface area contributed by atoms with Crippen LogP contribution in [-0.4, -0.2) is 44.0 Å². The maximum atomic E-state index is 4.45. The summed E-state index contributed by atoms with van der Waals surface area (Å²) in [6, 6.07) is 0.574. The summed E-state index contributed by atoms with van der Waals surface area (Å²) in [6.07, 6.45) is 3.69. The molecule has 0 spiro atoms. The molecule has 3 heteroatoms. The predicted molar refractivity (Wildman–Crippen MR) is 57.3 cm³/mol. The second-order valence-electron chi connectivity index (χ2n) is 3.98. The largest absolute Gasteiger partial charge is 0.372 e. The van der Waals surface area contributed by atoms with Crippen LogP contribution in [0.2, 0.25) is 0 Å². The molecule has 0 fully saturated rings. The molecule has 0 saturated carbocycles. The topological polar surface area (TPSA) is 27.6 Å². The Morgan fingerprint density at radius 2 is 2.23 bits per heavy atom. The normalized spacial score (nSPS) is 19.8. The van der Waals surface area contributed by atoms with Crippen molar-refractivity contribution in [1.82, 2.24) is 10.2 Å². The smallest absolute Gasteiger partial charge is 0.0963 e. The summed E-state index contributed by atoms with van der Waals surface area (Å²) in [5, 5.41) is 3.41. The zero-order chi connectivity index (χ0) is 9.68. The lowest BCUT2D eigenvalue weighted by molar-refractivity contribution is 0.312. The van der Waals surface area contributed by atoms with Gasteiger partial charge in [0, 0.05) is 25.6 Å². The van der Waals surface area contributed by atoms with E-state index in [1.807, 2.05) is 0 Å². The molecular formula is C10H21N3. The van der Waals surface area contributed by atoms with E-state index >= 15 is 0 Å². The molecule has 1 heterocycles. The van der Waals surface area contributed by atoms with Crippen molar-refractivity contribution in [3.63, 3.8) is 0 Å². The first kappa shape index (κ1) is 10.5. The molecular weight excluding hydrogens is 162 g/mol. The first-order valence-corrected chi connectivity index (χ1v) is 5.14. The lowest BCUT2D eigenvalue weighted by Gasteiger charge is -2.22. The van der Waals surface area contributed by atoms with Crippen molar-refractivity contribution >= 4 is 5.84 Å². The van der Waals surface area contributed by atoms with Gasteiger partial charge in [-0.1, -0.05) is 0 Å². The summed E-state index contributed by atoms with van der Waals surface area (Å²) in [5.41, 5.74) is 0. The average molecular weight is 183 g/mol. The van der Waals surface area contributed by atoms with Crippen molar-refractivity contribution in [2.45, 2.75) is 32.2 Å². The number of rotatable bonds is 3. The fraction of sp³-hybridized carbons (Fsp3) is 0.900. The highest BCUT2D eigenvalue weighted by Gasteiger charge is 2.07. The van der Waals surface area contributed by atoms with Crippen LogP contribution in [0.4, 0.5) is 0 Å². The number of nitrogens with one attached hydrogen (secondary N) is 1. The van der Waals surface area contributed by atoms with Gasteiger partial charge in [0.1, 0.15) is 0 Å². The van der Waals surface area contributed by atoms with Crippen LogP contribution in [0.25, 0.3) is 0 Å². The molecule has 0 aromatic rings. The minimum absolute atomic E-state index is 0.574. The minimum Gasteiger partial charge on any atom is -0.372 e. The van der Waals surface area contributed by atoms with Crippen molar-refractivity contribution in [3.05, 3.63) is 0 Å². The molecule has 1 N–H and O–H groups in total. The van der Waals surface area contributed by atoms with Crippen LogP contribution in [-0.2, 0) is 0 Å². The Hall–Kier alpha value is -0.570. The average Bonchev–Trinajstić information content (AvgIpc) is 2.15. The quantitative estimate of drug-likeness (QED) is 0.710. The molecule has 76 valence electrons. The minimum atomic E-state index is 0.574. The monoisotopic (exact) mass is 183 g/mol. The molecule has 1 atom stereocenters. The Balaban J connectivity index is 2.21. The standard InChI is InChI=1S/C10H21N3/c1-9(13(2)3)8-12-10-6-4-5-7-11-10/h9H,4-8H2,1-3H3,(H,11,12). The highest BCUT2D eigenvalue weighted by Crippen LogP contribution is 2.03. The highest BCUT2D eigenvalue weighted by molar-refractivity contribution is 5.82. The molecule has 0 amide bonds. The summed E-state index contributed by atoms with van der Waals surface area (Å²) in [7, 11) is 4.21. The van der Waals surface area contributed by atoms with Gasteiger partial charge in [-0.3, -0.25) is 4.99 Å². The van der Waals surface area contributed by atoms with Crippen LogP contribution in [0.1, 0.15) is 26.2 Å². The molecule has 0 aromatic heterocycles. The van der Waals surface area contributed by atoms with Crippen molar-refractivity contribution < 1.29 is 0 Å². The molecule has 0 bridgehead atoms. The molecule has 1 unspecified atom stereocenters. The van der Waals surface area contributed by atoms with Gasteiger partial charge in [0.05, 0.1) is 5.84 Å². The molecule has 0 aliphatic carbocycles. The molecule has 3 nitrogen and oxygen atoms in total. The van der Waals surface area contributed by atoms with E-state index in [1.54, 1.807) is 0 Å². The zero-order valence-electron chi connectivity index (χ0n) is 9.01. The summed E-state index contributed by atoms with van der Waals surface area (Å²) in [6.45, 7) is 4.24. The molecule has 1 aliphatic heterocycles. The zero-order valence-corrected chi connectivity index (χ0v) is 9.01. The number of likely N-dealkylation sites (N-methyl/N-ethyl adjacent to an activating group) is 1. The second-order valence-corrected chi connectivity index (χ2v) is 3.98. The van der Waals surface area contributed by atoms with E-state index in [9.17, 15) is 0 Å². The molecule has 0 radical (unpaired) electrons. The van der Waals surface area contributed by atoms with Gasteiger partial charge >= 0.3 is 0 Å². The molecule has 1 rings (SSSR count). The van der Waals surface area contributed by atoms with E-state index in [4.69, 9.17) is 0 Å². The van der Waals surface area contributed by atoms with Crippen molar-refractivity contribution in [2.75, 3.05) is 27.2 Å². The van der Waals surface area contributed by atoms with E-state index in [1.165, 1.54) is 18.7 Å². The second kappa shape index (κ2) is 5.22. The first-order chi connectivity index (χ1) is 6.20. The van der Waals surface area contributed by atoms with E-state index in [0.717, 1.165) is 19.5 Å². The van der Waals surface area contributed by atoms with Crippen LogP contribution in [0.15, 0.2) is 4.99 Å². The number of aliphatic imine (C=N–C) groups is 1. The summed E-state index contributed by atoms with van der Waals surface area (Å²) < 4.78 is 0. The van der Waals surface area contributed by atoms with Crippen molar-refractivity contribution in [1.29, 1.82) is 0 Å². The number of amidine groups is 1. The van der Waals surface area contributed by atoms with Gasteiger partial charge in [-0.15, -0.1) is 0 Å². The Morgan fingerprint density at radius 1 is 1.46 bits per heavy atom. The Bertz CT molecular complexity index is 175. The van der Waals surface area contributed by atoms with E-state index in [-0.39, 0.29) is 0 Å². The summed E-state index contributed by atoms with van der Waals surface area (Å²) in [4.78, 5) is 6.67. The van der Waals surface area contributed by atoms with E-state index in [0.29, 0.717) is 6.04 Å². The Morgan fingerprint density at radius 3 is 2.77 bits per heavy atom. The predicted octanol–water partition coefficient (Wildman–Crippen LogP) is 1.11. The van der Waals surface area contributed by atoms with Gasteiger partial charge in [-0.25, -0.2) is 0 Å². The maximum Gasteiger partial charge on any atom is 0.0963 e. The molecule has 0 aromatic carbocycles. The Labute approximate surface area is 81.2 Å². The molecule has 0 saturated heterocycles. The Kier molecular flexibility index (Phi) is 4.22. The van der Waals surface area contributed by atoms with E-state index in [2.05, 4.69) is 36.2 Å². The third kappa shape index (κ3) is 3.77. The molecule has 13 heavy (non-hydrogen) atoms. The van der Waals surface area contributed by atoms with Crippen LogP contribution < -0.4 is 5.32 Å². The third-order valence-corrected chi connectivity index (χ3v) is 2.61. The maximum absolute atomic E-state index is 4.45. The SMILES string of the molecule is CC(CNC1=NCCCC1)N(C)C. The lowest BCUT2D eigenvalue weighted by atomic mass is 10.2. The van der Waals surface area contributed by atoms with Gasteiger partial charge in [0.2, 0.25) is 0 Å². The van der Waals surface area contributed by atoms with Crippen LogP contribution in [0, 0.1) is 0 Å². The van der Waals surface area contributed by atoms with Crippen LogP contribution in [0.5, 0.6) is 0 Å². The van der Waals surface area contributed by atoms with Crippen molar-refractivity contribution in [3.8, 4) is 0 Å². The molecule has 1 aliphatic rings. The van der Waals surface area contributed by atoms with Crippen LogP contribution in [0.3, 0.4) is 0 Å². The van der Waals surface area contributed by atoms with Crippen molar-refractivity contribution in [2.24, 2.45) is 4.99 Å². The first-order valence-electron chi connectivity index (χ1n) is 5.14. The fourth-order valence-corrected chi connectivity index (χ4v) is 1.29. The number of nitrogens with zero attached hydrogens (tertiary/aromatic N) is 2. The van der Waals surface area contributed by atoms with Gasteiger partial charge in [0.25, 0.3) is 0 Å².